The van der Waals surface area contributed by atoms with E-state index in [4.69, 9.17) is 9.11 Å². The van der Waals surface area contributed by atoms with Gasteiger partial charge >= 0.3 is 29.6 Å². The van der Waals surface area contributed by atoms with Crippen LogP contribution >= 0.6 is 0 Å². The fourth-order valence-corrected chi connectivity index (χ4v) is 2.26. The van der Waals surface area contributed by atoms with Crippen molar-refractivity contribution in [3.63, 3.8) is 0 Å². The molecule has 2 atom stereocenters. The monoisotopic (exact) mass is 244 g/mol. The first-order chi connectivity index (χ1) is 6.13. The van der Waals surface area contributed by atoms with Crippen molar-refractivity contribution in [1.29, 1.82) is 0 Å². The molecule has 0 amide bonds. The van der Waals surface area contributed by atoms with Gasteiger partial charge in [-0.25, -0.2) is 8.42 Å². The molecule has 0 radical (unpaired) electrons. The van der Waals surface area contributed by atoms with Crippen LogP contribution < -0.4 is 0 Å². The van der Waals surface area contributed by atoms with Crippen LogP contribution in [0, 0.1) is 0 Å². The zero-order chi connectivity index (χ0) is 9.84. The molecule has 2 unspecified atom stereocenters. The van der Waals surface area contributed by atoms with Crippen LogP contribution in [0.1, 0.15) is 10.1 Å². The Bertz CT molecular complexity index is 316. The van der Waals surface area contributed by atoms with Crippen LogP contribution in [0.2, 0.25) is 0 Å². The maximum atomic E-state index is 10.7. The Kier molecular flexibility index (Phi) is 7.05. The third-order valence-electron chi connectivity index (χ3n) is 1.44. The van der Waals surface area contributed by atoms with Crippen molar-refractivity contribution in [2.45, 2.75) is 4.58 Å². The van der Waals surface area contributed by atoms with Gasteiger partial charge in [-0.05, 0) is 5.56 Å². The molecule has 0 aliphatic rings. The topological polar surface area (TPSA) is 74.6 Å². The zero-order valence-corrected chi connectivity index (χ0v) is 8.12. The summed E-state index contributed by atoms with van der Waals surface area (Å²) in [7, 11) is 0. The van der Waals surface area contributed by atoms with Crippen molar-refractivity contribution < 1.29 is 17.5 Å². The molecule has 0 saturated carbocycles. The van der Waals surface area contributed by atoms with Crippen molar-refractivity contribution in [3.05, 3.63) is 35.9 Å². The summed E-state index contributed by atoms with van der Waals surface area (Å²) in [6.45, 7) is 0. The molecule has 74 valence electrons. The van der Waals surface area contributed by atoms with Gasteiger partial charge < -0.3 is 9.11 Å². The second-order valence-corrected chi connectivity index (χ2v) is 4.64. The third kappa shape index (κ3) is 3.90. The van der Waals surface area contributed by atoms with Gasteiger partial charge in [-0.2, -0.15) is 0 Å². The fourth-order valence-electron chi connectivity index (χ4n) is 0.913. The molecule has 0 aliphatic carbocycles. The van der Waals surface area contributed by atoms with Gasteiger partial charge in [0.15, 0.2) is 26.7 Å². The molecular formula is C7H9NaO4S2. The fraction of sp³-hybridized carbons (Fsp3) is 0.143. The number of hydrogen-bond acceptors (Lipinski definition) is 2. The van der Waals surface area contributed by atoms with Gasteiger partial charge in [0.05, 0.1) is 0 Å². The molecule has 1 rings (SSSR count). The van der Waals surface area contributed by atoms with Gasteiger partial charge in [0.1, 0.15) is 0 Å². The Balaban J connectivity index is 0.00000169. The van der Waals surface area contributed by atoms with Gasteiger partial charge in [-0.1, -0.05) is 30.3 Å². The van der Waals surface area contributed by atoms with Crippen molar-refractivity contribution in [3.8, 4) is 0 Å². The minimum absolute atomic E-state index is 0. The number of benzene rings is 1. The second-order valence-electron chi connectivity index (χ2n) is 2.29. The zero-order valence-electron chi connectivity index (χ0n) is 6.49. The maximum absolute atomic E-state index is 10.7. The van der Waals surface area contributed by atoms with E-state index in [1.54, 1.807) is 18.2 Å². The van der Waals surface area contributed by atoms with E-state index in [1.807, 2.05) is 0 Å². The van der Waals surface area contributed by atoms with Crippen LogP contribution in [0.25, 0.3) is 0 Å². The summed E-state index contributed by atoms with van der Waals surface area (Å²) in [5.41, 5.74) is 0.379. The van der Waals surface area contributed by atoms with E-state index >= 15 is 0 Å². The Morgan fingerprint density at radius 3 is 1.79 bits per heavy atom. The van der Waals surface area contributed by atoms with E-state index in [2.05, 4.69) is 0 Å². The predicted molar refractivity (Wildman–Crippen MR) is 57.9 cm³/mol. The van der Waals surface area contributed by atoms with E-state index < -0.39 is 26.7 Å². The van der Waals surface area contributed by atoms with Crippen LogP contribution in [0.5, 0.6) is 0 Å². The predicted octanol–water partition coefficient (Wildman–Crippen LogP) is 0.480. The number of rotatable bonds is 3. The molecule has 1 aromatic rings. The molecule has 0 heterocycles. The first-order valence-corrected chi connectivity index (χ1v) is 5.71. The quantitative estimate of drug-likeness (QED) is 0.599. The molecule has 4 nitrogen and oxygen atoms in total. The summed E-state index contributed by atoms with van der Waals surface area (Å²) >= 11 is -4.67. The summed E-state index contributed by atoms with van der Waals surface area (Å²) in [5.74, 6) is 0. The summed E-state index contributed by atoms with van der Waals surface area (Å²) in [4.78, 5) is 0. The SMILES string of the molecule is O=S(O)C(c1ccccc1)S(=O)O.[NaH]. The molecule has 0 aliphatic heterocycles. The molecule has 0 bridgehead atoms. The van der Waals surface area contributed by atoms with E-state index in [1.165, 1.54) is 12.1 Å². The Hall–Kier alpha value is 0.440. The van der Waals surface area contributed by atoms with Gasteiger partial charge in [0.2, 0.25) is 0 Å². The molecule has 1 aromatic carbocycles. The van der Waals surface area contributed by atoms with Gasteiger partial charge in [0.25, 0.3) is 0 Å². The molecule has 2 N–H and O–H groups in total. The van der Waals surface area contributed by atoms with Gasteiger partial charge in [-0.15, -0.1) is 0 Å². The Morgan fingerprint density at radius 2 is 1.43 bits per heavy atom. The summed E-state index contributed by atoms with van der Waals surface area (Å²) in [6.07, 6.45) is 0. The first-order valence-electron chi connectivity index (χ1n) is 3.37. The molecule has 0 saturated heterocycles. The van der Waals surface area contributed by atoms with Crippen LogP contribution in [-0.4, -0.2) is 47.1 Å². The van der Waals surface area contributed by atoms with Crippen molar-refractivity contribution in [1.82, 2.24) is 0 Å². The molecule has 7 heteroatoms. The Morgan fingerprint density at radius 1 is 1.00 bits per heavy atom. The van der Waals surface area contributed by atoms with Crippen molar-refractivity contribution in [2.75, 3.05) is 0 Å². The number of hydrogen-bond donors (Lipinski definition) is 2. The van der Waals surface area contributed by atoms with Crippen LogP contribution in [0.3, 0.4) is 0 Å². The third-order valence-corrected chi connectivity index (χ3v) is 3.70. The van der Waals surface area contributed by atoms with Crippen LogP contribution in [-0.2, 0) is 22.2 Å². The van der Waals surface area contributed by atoms with Crippen molar-refractivity contribution in [2.24, 2.45) is 0 Å². The average molecular weight is 244 g/mol. The molecule has 0 fully saturated rings. The van der Waals surface area contributed by atoms with Crippen molar-refractivity contribution >= 4 is 51.7 Å². The minimum atomic E-state index is -2.33. The standard InChI is InChI=1S/C7H8O4S2.Na.H/c8-12(9)7(13(10)11)6-4-2-1-3-5-6;;/h1-5,7H,(H,8,9)(H,10,11);;. The van der Waals surface area contributed by atoms with Gasteiger partial charge in [0, 0.05) is 0 Å². The summed E-state index contributed by atoms with van der Waals surface area (Å²) < 4.78 is 37.7. The van der Waals surface area contributed by atoms with Crippen LogP contribution in [0.15, 0.2) is 30.3 Å². The molecule has 0 aromatic heterocycles. The van der Waals surface area contributed by atoms with Crippen LogP contribution in [0.4, 0.5) is 0 Å². The molecular weight excluding hydrogens is 235 g/mol. The van der Waals surface area contributed by atoms with Gasteiger partial charge in [-0.3, -0.25) is 0 Å². The molecule has 14 heavy (non-hydrogen) atoms. The average Bonchev–Trinajstić information content (AvgIpc) is 2.04. The van der Waals surface area contributed by atoms with E-state index in [0.29, 0.717) is 5.56 Å². The molecule has 0 spiro atoms. The summed E-state index contributed by atoms with van der Waals surface area (Å²) in [5, 5.41) is 0. The second kappa shape index (κ2) is 6.84. The van der Waals surface area contributed by atoms with E-state index in [-0.39, 0.29) is 29.6 Å². The van der Waals surface area contributed by atoms with E-state index in [9.17, 15) is 8.42 Å². The summed E-state index contributed by atoms with van der Waals surface area (Å²) in [6, 6.07) is 8.07. The normalized spacial score (nSPS) is 16.4. The first kappa shape index (κ1) is 14.4. The van der Waals surface area contributed by atoms with E-state index in [0.717, 1.165) is 0 Å². The Labute approximate surface area is 109 Å².